The first-order chi connectivity index (χ1) is 8.49. The van der Waals surface area contributed by atoms with E-state index in [2.05, 4.69) is 0 Å². The normalized spacial score (nSPS) is 21.1. The van der Waals surface area contributed by atoms with Gasteiger partial charge in [-0.3, -0.25) is 4.79 Å². The molecule has 0 bridgehead atoms. The van der Waals surface area contributed by atoms with Crippen molar-refractivity contribution < 1.29 is 14.3 Å². The number of amides is 1. The van der Waals surface area contributed by atoms with Crippen molar-refractivity contribution in [2.75, 3.05) is 13.1 Å². The first-order valence-electron chi connectivity index (χ1n) is 6.22. The lowest BCUT2D eigenvalue weighted by molar-refractivity contribution is 0.0762. The van der Waals surface area contributed by atoms with E-state index in [9.17, 15) is 14.3 Å². The number of nitrogens with zero attached hydrogens (tertiary/aromatic N) is 1. The predicted molar refractivity (Wildman–Crippen MR) is 66.8 cm³/mol. The Morgan fingerprint density at radius 3 is 2.83 bits per heavy atom. The Balaban J connectivity index is 2.10. The number of benzene rings is 1. The smallest absolute Gasteiger partial charge is 0.253 e. The number of carbonyl (C=O) groups is 1. The van der Waals surface area contributed by atoms with Crippen LogP contribution in [0.3, 0.4) is 0 Å². The van der Waals surface area contributed by atoms with Crippen LogP contribution in [-0.2, 0) is 0 Å². The lowest BCUT2D eigenvalue weighted by Crippen LogP contribution is -2.30. The van der Waals surface area contributed by atoms with Gasteiger partial charge in [-0.1, -0.05) is 0 Å². The maximum absolute atomic E-state index is 13.1. The Labute approximate surface area is 106 Å². The number of rotatable bonds is 2. The molecule has 1 aromatic carbocycles. The van der Waals surface area contributed by atoms with Crippen LogP contribution in [0.2, 0.25) is 0 Å². The summed E-state index contributed by atoms with van der Waals surface area (Å²) in [4.78, 5) is 13.9. The molecule has 0 aliphatic carbocycles. The Morgan fingerprint density at radius 1 is 1.56 bits per heavy atom. The van der Waals surface area contributed by atoms with Crippen LogP contribution >= 0.6 is 0 Å². The van der Waals surface area contributed by atoms with Crippen LogP contribution in [0.25, 0.3) is 0 Å². The molecule has 1 heterocycles. The number of aryl methyl sites for hydroxylation is 1. The summed E-state index contributed by atoms with van der Waals surface area (Å²) < 4.78 is 13.1. The van der Waals surface area contributed by atoms with Gasteiger partial charge in [-0.05, 0) is 44.0 Å². The molecule has 18 heavy (non-hydrogen) atoms. The lowest BCUT2D eigenvalue weighted by atomic mass is 10.0. The minimum Gasteiger partial charge on any atom is -0.393 e. The van der Waals surface area contributed by atoms with Gasteiger partial charge in [0.1, 0.15) is 5.82 Å². The number of likely N-dealkylation sites (tertiary alicyclic amines) is 1. The van der Waals surface area contributed by atoms with Crippen LogP contribution in [0.5, 0.6) is 0 Å². The number of aliphatic hydroxyl groups is 1. The second kappa shape index (κ2) is 5.06. The maximum atomic E-state index is 13.1. The molecule has 98 valence electrons. The molecule has 1 aromatic rings. The zero-order valence-corrected chi connectivity index (χ0v) is 10.7. The summed E-state index contributed by atoms with van der Waals surface area (Å²) in [7, 11) is 0. The van der Waals surface area contributed by atoms with Crippen molar-refractivity contribution in [3.63, 3.8) is 0 Å². The summed E-state index contributed by atoms with van der Waals surface area (Å²) >= 11 is 0. The summed E-state index contributed by atoms with van der Waals surface area (Å²) in [5.74, 6) is -0.230. The van der Waals surface area contributed by atoms with Crippen LogP contribution in [0.4, 0.5) is 4.39 Å². The summed E-state index contributed by atoms with van der Waals surface area (Å²) in [6, 6.07) is 4.42. The van der Waals surface area contributed by atoms with Gasteiger partial charge in [-0.15, -0.1) is 0 Å². The second-order valence-electron chi connectivity index (χ2n) is 5.00. The van der Waals surface area contributed by atoms with Gasteiger partial charge < -0.3 is 10.0 Å². The van der Waals surface area contributed by atoms with Crippen molar-refractivity contribution in [2.24, 2.45) is 5.92 Å². The molecule has 0 spiro atoms. The third-order valence-corrected chi connectivity index (χ3v) is 3.60. The highest BCUT2D eigenvalue weighted by atomic mass is 19.1. The highest BCUT2D eigenvalue weighted by Crippen LogP contribution is 2.22. The minimum absolute atomic E-state index is 0.0822. The average Bonchev–Trinajstić information content (AvgIpc) is 2.81. The van der Waals surface area contributed by atoms with Crippen LogP contribution in [0, 0.1) is 18.7 Å². The van der Waals surface area contributed by atoms with Crippen molar-refractivity contribution in [3.05, 3.63) is 35.1 Å². The van der Waals surface area contributed by atoms with Gasteiger partial charge in [0, 0.05) is 24.6 Å². The van der Waals surface area contributed by atoms with Gasteiger partial charge in [0.15, 0.2) is 0 Å². The van der Waals surface area contributed by atoms with E-state index in [4.69, 9.17) is 0 Å². The lowest BCUT2D eigenvalue weighted by Gasteiger charge is -2.18. The molecule has 0 saturated carbocycles. The molecule has 2 rings (SSSR count). The second-order valence-corrected chi connectivity index (χ2v) is 5.00. The molecule has 0 aromatic heterocycles. The van der Waals surface area contributed by atoms with E-state index in [1.165, 1.54) is 12.1 Å². The first-order valence-corrected chi connectivity index (χ1v) is 6.22. The zero-order valence-electron chi connectivity index (χ0n) is 10.7. The van der Waals surface area contributed by atoms with E-state index in [1.807, 2.05) is 0 Å². The fourth-order valence-electron chi connectivity index (χ4n) is 2.33. The largest absolute Gasteiger partial charge is 0.393 e. The van der Waals surface area contributed by atoms with E-state index in [0.717, 1.165) is 6.42 Å². The number of hydrogen-bond acceptors (Lipinski definition) is 2. The zero-order chi connectivity index (χ0) is 13.3. The molecular weight excluding hydrogens is 233 g/mol. The molecular formula is C14H18FNO2. The number of halogens is 1. The highest BCUT2D eigenvalue weighted by Gasteiger charge is 2.29. The Hall–Kier alpha value is -1.42. The molecule has 1 N–H and O–H groups in total. The van der Waals surface area contributed by atoms with Crippen molar-refractivity contribution in [1.82, 2.24) is 4.90 Å². The standard InChI is InChI=1S/C14H18FNO2/c1-9-7-11(3-4-13(9)15)14(18)16-6-5-12(8-16)10(2)17/h3-4,7,10,12,17H,5-6,8H2,1-2H3. The summed E-state index contributed by atoms with van der Waals surface area (Å²) in [5.41, 5.74) is 0.993. The van der Waals surface area contributed by atoms with Gasteiger partial charge >= 0.3 is 0 Å². The SMILES string of the molecule is Cc1cc(C(=O)N2CCC(C(C)O)C2)ccc1F. The quantitative estimate of drug-likeness (QED) is 0.873. The fourth-order valence-corrected chi connectivity index (χ4v) is 2.33. The topological polar surface area (TPSA) is 40.5 Å². The van der Waals surface area contributed by atoms with Crippen molar-refractivity contribution in [1.29, 1.82) is 0 Å². The van der Waals surface area contributed by atoms with Crippen molar-refractivity contribution in [2.45, 2.75) is 26.4 Å². The predicted octanol–water partition coefficient (Wildman–Crippen LogP) is 1.98. The van der Waals surface area contributed by atoms with Gasteiger partial charge in [0.25, 0.3) is 5.91 Å². The highest BCUT2D eigenvalue weighted by molar-refractivity contribution is 5.94. The molecule has 1 aliphatic rings. The minimum atomic E-state index is -0.391. The molecule has 3 nitrogen and oxygen atoms in total. The van der Waals surface area contributed by atoms with E-state index >= 15 is 0 Å². The van der Waals surface area contributed by atoms with Crippen molar-refractivity contribution in [3.8, 4) is 0 Å². The van der Waals surface area contributed by atoms with Gasteiger partial charge in [0.2, 0.25) is 0 Å². The Bertz CT molecular complexity index is 459. The molecule has 4 heteroatoms. The molecule has 1 fully saturated rings. The Morgan fingerprint density at radius 2 is 2.28 bits per heavy atom. The number of aliphatic hydroxyl groups excluding tert-OH is 1. The molecule has 1 saturated heterocycles. The van der Waals surface area contributed by atoms with Crippen LogP contribution in [0.1, 0.15) is 29.3 Å². The number of hydrogen-bond donors (Lipinski definition) is 1. The van der Waals surface area contributed by atoms with E-state index in [-0.39, 0.29) is 17.6 Å². The van der Waals surface area contributed by atoms with Gasteiger partial charge in [-0.25, -0.2) is 4.39 Å². The molecule has 1 amide bonds. The third-order valence-electron chi connectivity index (χ3n) is 3.60. The maximum Gasteiger partial charge on any atom is 0.253 e. The summed E-state index contributed by atoms with van der Waals surface area (Å²) in [6.07, 6.45) is 0.432. The van der Waals surface area contributed by atoms with Crippen LogP contribution in [0.15, 0.2) is 18.2 Å². The van der Waals surface area contributed by atoms with Crippen molar-refractivity contribution >= 4 is 5.91 Å². The summed E-state index contributed by atoms with van der Waals surface area (Å²) in [5, 5.41) is 9.52. The third kappa shape index (κ3) is 2.53. The molecule has 0 radical (unpaired) electrons. The molecule has 1 aliphatic heterocycles. The van der Waals surface area contributed by atoms with E-state index < -0.39 is 6.10 Å². The summed E-state index contributed by atoms with van der Waals surface area (Å²) in [6.45, 7) is 4.63. The van der Waals surface area contributed by atoms with E-state index in [1.54, 1.807) is 24.8 Å². The first kappa shape index (κ1) is 13.0. The van der Waals surface area contributed by atoms with Crippen LogP contribution < -0.4 is 0 Å². The van der Waals surface area contributed by atoms with Crippen LogP contribution in [-0.4, -0.2) is 35.1 Å². The fraction of sp³-hybridized carbons (Fsp3) is 0.500. The monoisotopic (exact) mass is 251 g/mol. The Kier molecular flexibility index (Phi) is 3.66. The molecule has 2 unspecified atom stereocenters. The molecule has 2 atom stereocenters. The average molecular weight is 251 g/mol. The van der Waals surface area contributed by atoms with Gasteiger partial charge in [-0.2, -0.15) is 0 Å². The van der Waals surface area contributed by atoms with E-state index in [0.29, 0.717) is 24.2 Å². The van der Waals surface area contributed by atoms with Gasteiger partial charge in [0.05, 0.1) is 6.10 Å². The number of carbonyl (C=O) groups excluding carboxylic acids is 1.